The van der Waals surface area contributed by atoms with E-state index in [1.165, 1.54) is 10.7 Å². The molecule has 0 bridgehead atoms. The Bertz CT molecular complexity index is 932. The number of rotatable bonds is 4. The summed E-state index contributed by atoms with van der Waals surface area (Å²) in [5, 5.41) is 19.6. The third-order valence-corrected chi connectivity index (χ3v) is 4.31. The molecule has 4 heterocycles. The molecule has 1 saturated heterocycles. The van der Waals surface area contributed by atoms with E-state index in [9.17, 15) is 10.1 Å². The van der Waals surface area contributed by atoms with E-state index in [0.717, 1.165) is 19.4 Å². The van der Waals surface area contributed by atoms with Crippen molar-refractivity contribution in [2.45, 2.75) is 38.6 Å². The van der Waals surface area contributed by atoms with Crippen LogP contribution in [0.4, 0.5) is 11.6 Å². The summed E-state index contributed by atoms with van der Waals surface area (Å²) >= 11 is 0. The van der Waals surface area contributed by atoms with Gasteiger partial charge in [-0.25, -0.2) is 4.98 Å². The molecule has 0 amide bonds. The first kappa shape index (κ1) is 15.5. The molecule has 1 fully saturated rings. The molecule has 0 N–H and O–H groups in total. The number of hydrogen-bond acceptors (Lipinski definition) is 8. The van der Waals surface area contributed by atoms with Crippen LogP contribution in [0.15, 0.2) is 22.9 Å². The van der Waals surface area contributed by atoms with Gasteiger partial charge >= 0.3 is 5.82 Å². The van der Waals surface area contributed by atoms with E-state index in [4.69, 9.17) is 4.52 Å². The van der Waals surface area contributed by atoms with E-state index >= 15 is 0 Å². The largest absolute Gasteiger partial charge is 0.368 e. The number of anilines is 1. The molecule has 0 spiro atoms. The minimum absolute atomic E-state index is 0.0521. The van der Waals surface area contributed by atoms with Crippen molar-refractivity contribution in [3.8, 4) is 0 Å². The number of nitrogens with zero attached hydrogens (tertiary/aromatic N) is 7. The molecule has 0 aromatic carbocycles. The highest BCUT2D eigenvalue weighted by molar-refractivity contribution is 5.50. The van der Waals surface area contributed by atoms with Crippen LogP contribution in [0.2, 0.25) is 0 Å². The monoisotopic (exact) mass is 343 g/mol. The Balaban J connectivity index is 1.71. The molecule has 10 nitrogen and oxygen atoms in total. The molecule has 4 rings (SSSR count). The minimum atomic E-state index is -0.494. The predicted octanol–water partition coefficient (Wildman–Crippen LogP) is 2.49. The Morgan fingerprint density at radius 2 is 2.24 bits per heavy atom. The van der Waals surface area contributed by atoms with Crippen LogP contribution in [0.5, 0.6) is 0 Å². The summed E-state index contributed by atoms with van der Waals surface area (Å²) in [7, 11) is 0. The predicted molar refractivity (Wildman–Crippen MR) is 87.3 cm³/mol. The van der Waals surface area contributed by atoms with Gasteiger partial charge in [0.2, 0.25) is 11.5 Å². The molecule has 130 valence electrons. The van der Waals surface area contributed by atoms with E-state index in [0.29, 0.717) is 23.2 Å². The van der Waals surface area contributed by atoms with E-state index < -0.39 is 4.92 Å². The lowest BCUT2D eigenvalue weighted by molar-refractivity contribution is -0.391. The number of fused-ring (bicyclic) bond motifs is 1. The molecule has 0 aliphatic carbocycles. The number of nitro groups is 1. The zero-order valence-electron chi connectivity index (χ0n) is 13.9. The van der Waals surface area contributed by atoms with Crippen molar-refractivity contribution in [1.29, 1.82) is 0 Å². The lowest BCUT2D eigenvalue weighted by Crippen LogP contribution is -2.25. The van der Waals surface area contributed by atoms with Crippen molar-refractivity contribution < 1.29 is 9.45 Å². The molecule has 1 aliphatic rings. The first-order chi connectivity index (χ1) is 12.0. The van der Waals surface area contributed by atoms with Crippen molar-refractivity contribution in [3.05, 3.63) is 40.2 Å². The van der Waals surface area contributed by atoms with Crippen LogP contribution in [0.25, 0.3) is 5.65 Å². The number of aromatic nitrogens is 5. The van der Waals surface area contributed by atoms with Crippen molar-refractivity contribution in [3.63, 3.8) is 0 Å². The zero-order valence-corrected chi connectivity index (χ0v) is 13.9. The fourth-order valence-electron chi connectivity index (χ4n) is 3.06. The van der Waals surface area contributed by atoms with Gasteiger partial charge in [-0.2, -0.15) is 4.98 Å². The van der Waals surface area contributed by atoms with Gasteiger partial charge < -0.3 is 19.5 Å². The van der Waals surface area contributed by atoms with Crippen LogP contribution in [0.3, 0.4) is 0 Å². The quantitative estimate of drug-likeness (QED) is 0.524. The summed E-state index contributed by atoms with van der Waals surface area (Å²) in [6, 6.07) is 3.48. The second kappa shape index (κ2) is 5.80. The molecule has 1 unspecified atom stereocenters. The Labute approximate surface area is 142 Å². The van der Waals surface area contributed by atoms with Gasteiger partial charge in [0.1, 0.15) is 6.20 Å². The normalized spacial score (nSPS) is 17.7. The minimum Gasteiger partial charge on any atom is -0.358 e. The van der Waals surface area contributed by atoms with Crippen LogP contribution < -0.4 is 4.90 Å². The van der Waals surface area contributed by atoms with E-state index in [2.05, 4.69) is 25.1 Å². The standard InChI is InChI=1S/C15H17N7O3/c1-9(2)15-17-14(19-25-15)10-4-3-7-20(10)12-6-5-11-16-8-13(22(23)24)21(11)18-12/h5-6,8-10H,3-4,7H2,1-2H3. The van der Waals surface area contributed by atoms with Crippen LogP contribution in [0, 0.1) is 10.1 Å². The maximum absolute atomic E-state index is 11.1. The van der Waals surface area contributed by atoms with Crippen molar-refractivity contribution in [1.82, 2.24) is 24.7 Å². The van der Waals surface area contributed by atoms with Gasteiger partial charge in [0.25, 0.3) is 0 Å². The van der Waals surface area contributed by atoms with Crippen LogP contribution in [-0.4, -0.2) is 36.2 Å². The summed E-state index contributed by atoms with van der Waals surface area (Å²) in [5.41, 5.74) is 0.438. The third kappa shape index (κ3) is 2.59. The second-order valence-electron chi connectivity index (χ2n) is 6.33. The van der Waals surface area contributed by atoms with E-state index in [-0.39, 0.29) is 17.8 Å². The highest BCUT2D eigenvalue weighted by Crippen LogP contribution is 2.34. The third-order valence-electron chi connectivity index (χ3n) is 4.31. The summed E-state index contributed by atoms with van der Waals surface area (Å²) in [5.74, 6) is 1.87. The first-order valence-corrected chi connectivity index (χ1v) is 8.14. The highest BCUT2D eigenvalue weighted by atomic mass is 16.6. The van der Waals surface area contributed by atoms with Crippen molar-refractivity contribution in [2.24, 2.45) is 0 Å². The first-order valence-electron chi connectivity index (χ1n) is 8.14. The molecule has 3 aromatic rings. The maximum atomic E-state index is 11.1. The lowest BCUT2D eigenvalue weighted by Gasteiger charge is -2.22. The number of imidazole rings is 1. The molecule has 3 aromatic heterocycles. The Morgan fingerprint density at radius 1 is 1.40 bits per heavy atom. The molecule has 1 aliphatic heterocycles. The van der Waals surface area contributed by atoms with Crippen molar-refractivity contribution in [2.75, 3.05) is 11.4 Å². The summed E-state index contributed by atoms with van der Waals surface area (Å²) < 4.78 is 6.57. The molecule has 0 radical (unpaired) electrons. The smallest absolute Gasteiger partial charge is 0.358 e. The molecular formula is C15H17N7O3. The van der Waals surface area contributed by atoms with Gasteiger partial charge in [-0.15, -0.1) is 0 Å². The van der Waals surface area contributed by atoms with Crippen LogP contribution in [-0.2, 0) is 0 Å². The zero-order chi connectivity index (χ0) is 17.6. The average molecular weight is 343 g/mol. The second-order valence-corrected chi connectivity index (χ2v) is 6.33. The Kier molecular flexibility index (Phi) is 3.59. The van der Waals surface area contributed by atoms with Gasteiger partial charge in [-0.05, 0) is 23.8 Å². The van der Waals surface area contributed by atoms with Gasteiger partial charge in [0, 0.05) is 18.5 Å². The molecular weight excluding hydrogens is 326 g/mol. The highest BCUT2D eigenvalue weighted by Gasteiger charge is 2.32. The van der Waals surface area contributed by atoms with Gasteiger partial charge in [0.15, 0.2) is 11.6 Å². The van der Waals surface area contributed by atoms with E-state index in [1.807, 2.05) is 19.9 Å². The van der Waals surface area contributed by atoms with Gasteiger partial charge in [0.05, 0.1) is 6.04 Å². The molecule has 10 heteroatoms. The maximum Gasteiger partial charge on any atom is 0.368 e. The average Bonchev–Trinajstić information content (AvgIpc) is 3.31. The topological polar surface area (TPSA) is 115 Å². The van der Waals surface area contributed by atoms with Gasteiger partial charge in [-0.3, -0.25) is 0 Å². The van der Waals surface area contributed by atoms with Crippen LogP contribution >= 0.6 is 0 Å². The molecule has 0 saturated carbocycles. The molecule has 25 heavy (non-hydrogen) atoms. The fourth-order valence-corrected chi connectivity index (χ4v) is 3.06. The fraction of sp³-hybridized carbons (Fsp3) is 0.467. The Morgan fingerprint density at radius 3 is 2.96 bits per heavy atom. The van der Waals surface area contributed by atoms with E-state index in [1.54, 1.807) is 6.07 Å². The molecule has 1 atom stereocenters. The lowest BCUT2D eigenvalue weighted by atomic mass is 10.2. The van der Waals surface area contributed by atoms with Crippen molar-refractivity contribution >= 4 is 17.3 Å². The van der Waals surface area contributed by atoms with Gasteiger partial charge in [-0.1, -0.05) is 28.6 Å². The number of hydrogen-bond donors (Lipinski definition) is 0. The summed E-state index contributed by atoms with van der Waals surface area (Å²) in [6.45, 7) is 4.77. The summed E-state index contributed by atoms with van der Waals surface area (Å²) in [6.07, 6.45) is 3.05. The summed E-state index contributed by atoms with van der Waals surface area (Å²) in [4.78, 5) is 21.2. The SMILES string of the molecule is CC(C)c1nc(C2CCCN2c2ccc3ncc([N+](=O)[O-])n3n2)no1. The van der Waals surface area contributed by atoms with Crippen LogP contribution in [0.1, 0.15) is 50.4 Å². The Hall–Kier alpha value is -3.04.